The van der Waals surface area contributed by atoms with Crippen molar-refractivity contribution >= 4 is 27.0 Å². The molecule has 0 bridgehead atoms. The van der Waals surface area contributed by atoms with Gasteiger partial charge < -0.3 is 9.47 Å². The van der Waals surface area contributed by atoms with E-state index in [0.29, 0.717) is 0 Å². The molecule has 0 aliphatic carbocycles. The lowest BCUT2D eigenvalue weighted by Crippen LogP contribution is -2.57. The normalized spacial score (nSPS) is 37.6. The molecule has 2 atom stereocenters. The Kier molecular flexibility index (Phi) is 4.27. The molecule has 0 amide bonds. The van der Waals surface area contributed by atoms with Crippen LogP contribution in [0.25, 0.3) is 0 Å². The van der Waals surface area contributed by atoms with Crippen LogP contribution in [0.5, 0.6) is 0 Å². The van der Waals surface area contributed by atoms with Crippen molar-refractivity contribution < 1.29 is 47.8 Å². The van der Waals surface area contributed by atoms with E-state index in [4.69, 9.17) is 13.7 Å². The van der Waals surface area contributed by atoms with Gasteiger partial charge in [0, 0.05) is 18.3 Å². The molecule has 2 unspecified atom stereocenters. The standard InChI is InChI=1S/C10H14O11S2/c11-9-16-5-8(7-3-18-23(14,15)19-4-7)10(21-9)1-2-17-22(12,13)20-6-10/h7-8H,1-6H2. The van der Waals surface area contributed by atoms with Crippen LogP contribution in [0.1, 0.15) is 6.42 Å². The van der Waals surface area contributed by atoms with Crippen molar-refractivity contribution in [3.63, 3.8) is 0 Å². The predicted octanol–water partition coefficient (Wildman–Crippen LogP) is -0.902. The van der Waals surface area contributed by atoms with Crippen molar-refractivity contribution in [2.75, 3.05) is 33.0 Å². The summed E-state index contributed by atoms with van der Waals surface area (Å²) in [5, 5.41) is 0. The van der Waals surface area contributed by atoms with E-state index in [1.807, 2.05) is 0 Å². The highest BCUT2D eigenvalue weighted by Crippen LogP contribution is 2.39. The van der Waals surface area contributed by atoms with Gasteiger partial charge in [0.15, 0.2) is 0 Å². The highest BCUT2D eigenvalue weighted by atomic mass is 32.3. The quantitative estimate of drug-likeness (QED) is 0.527. The van der Waals surface area contributed by atoms with Crippen molar-refractivity contribution in [3.05, 3.63) is 0 Å². The largest absolute Gasteiger partial charge is 0.508 e. The van der Waals surface area contributed by atoms with Crippen LogP contribution < -0.4 is 0 Å². The summed E-state index contributed by atoms with van der Waals surface area (Å²) < 4.78 is 73.7. The first-order valence-electron chi connectivity index (χ1n) is 6.65. The highest BCUT2D eigenvalue weighted by Gasteiger charge is 2.53. The Morgan fingerprint density at radius 3 is 2.26 bits per heavy atom. The van der Waals surface area contributed by atoms with Gasteiger partial charge in [0.25, 0.3) is 0 Å². The van der Waals surface area contributed by atoms with Gasteiger partial charge in [-0.05, 0) is 0 Å². The molecule has 3 saturated heterocycles. The Labute approximate surface area is 132 Å². The lowest BCUT2D eigenvalue weighted by Gasteiger charge is -2.44. The van der Waals surface area contributed by atoms with E-state index in [1.165, 1.54) is 0 Å². The van der Waals surface area contributed by atoms with Crippen LogP contribution in [-0.2, 0) is 47.0 Å². The first-order valence-corrected chi connectivity index (χ1v) is 9.31. The molecular formula is C10H14O11S2. The summed E-state index contributed by atoms with van der Waals surface area (Å²) in [4.78, 5) is 11.5. The van der Waals surface area contributed by atoms with E-state index in [-0.39, 0.29) is 32.8 Å². The van der Waals surface area contributed by atoms with Crippen LogP contribution in [-0.4, -0.2) is 61.6 Å². The third-order valence-corrected chi connectivity index (χ3v) is 5.68. The zero-order chi connectivity index (χ0) is 16.7. The topological polar surface area (TPSA) is 141 Å². The van der Waals surface area contributed by atoms with Crippen LogP contribution in [0.3, 0.4) is 0 Å². The average molecular weight is 374 g/mol. The Morgan fingerprint density at radius 1 is 0.913 bits per heavy atom. The predicted molar refractivity (Wildman–Crippen MR) is 68.4 cm³/mol. The van der Waals surface area contributed by atoms with E-state index < -0.39 is 51.0 Å². The first-order chi connectivity index (χ1) is 10.7. The van der Waals surface area contributed by atoms with Crippen molar-refractivity contribution in [2.45, 2.75) is 12.0 Å². The molecule has 3 rings (SSSR count). The minimum atomic E-state index is -4.18. The van der Waals surface area contributed by atoms with Gasteiger partial charge >= 0.3 is 27.0 Å². The molecule has 3 aliphatic heterocycles. The second-order valence-electron chi connectivity index (χ2n) is 5.31. The lowest BCUT2D eigenvalue weighted by atomic mass is 9.77. The molecular weight excluding hydrogens is 360 g/mol. The molecule has 0 aromatic carbocycles. The summed E-state index contributed by atoms with van der Waals surface area (Å²) >= 11 is 0. The molecule has 23 heavy (non-hydrogen) atoms. The first kappa shape index (κ1) is 16.9. The van der Waals surface area contributed by atoms with E-state index in [1.54, 1.807) is 0 Å². The number of carbonyl (C=O) groups excluding carboxylic acids is 1. The molecule has 3 fully saturated rings. The molecule has 0 radical (unpaired) electrons. The van der Waals surface area contributed by atoms with Gasteiger partial charge in [-0.25, -0.2) is 21.5 Å². The maximum Gasteiger partial charge on any atom is 0.508 e. The number of ether oxygens (including phenoxy) is 2. The summed E-state index contributed by atoms with van der Waals surface area (Å²) in [7, 11) is -8.21. The zero-order valence-corrected chi connectivity index (χ0v) is 13.3. The third-order valence-electron chi connectivity index (χ3n) is 3.97. The molecule has 0 saturated carbocycles. The van der Waals surface area contributed by atoms with Crippen molar-refractivity contribution in [1.82, 2.24) is 0 Å². The van der Waals surface area contributed by atoms with E-state index in [2.05, 4.69) is 12.5 Å². The molecule has 0 aromatic heterocycles. The van der Waals surface area contributed by atoms with Gasteiger partial charge in [-0.2, -0.15) is 16.8 Å². The number of carbonyl (C=O) groups is 1. The Bertz CT molecular complexity index is 670. The van der Waals surface area contributed by atoms with Crippen LogP contribution in [0, 0.1) is 11.8 Å². The average Bonchev–Trinajstić information content (AvgIpc) is 2.60. The second-order valence-corrected chi connectivity index (χ2v) is 7.89. The molecule has 1 spiro atoms. The summed E-state index contributed by atoms with van der Waals surface area (Å²) in [6, 6.07) is 0. The second kappa shape index (κ2) is 5.82. The summed E-state index contributed by atoms with van der Waals surface area (Å²) in [6.45, 7) is -1.23. The van der Waals surface area contributed by atoms with E-state index in [9.17, 15) is 21.6 Å². The minimum Gasteiger partial charge on any atom is -0.434 e. The van der Waals surface area contributed by atoms with Crippen LogP contribution >= 0.6 is 0 Å². The zero-order valence-electron chi connectivity index (χ0n) is 11.7. The molecule has 11 nitrogen and oxygen atoms in total. The van der Waals surface area contributed by atoms with Crippen molar-refractivity contribution in [1.29, 1.82) is 0 Å². The molecule has 0 N–H and O–H groups in total. The Hall–Kier alpha value is -0.990. The maximum absolute atomic E-state index is 11.5. The van der Waals surface area contributed by atoms with Crippen LogP contribution in [0.15, 0.2) is 0 Å². The monoisotopic (exact) mass is 374 g/mol. The summed E-state index contributed by atoms with van der Waals surface area (Å²) in [5.41, 5.74) is -1.34. The van der Waals surface area contributed by atoms with Gasteiger partial charge in [0.2, 0.25) is 0 Å². The minimum absolute atomic E-state index is 0.0370. The molecule has 13 heteroatoms. The van der Waals surface area contributed by atoms with E-state index >= 15 is 0 Å². The fourth-order valence-corrected chi connectivity index (χ4v) is 4.22. The van der Waals surface area contributed by atoms with Gasteiger partial charge in [-0.3, -0.25) is 0 Å². The van der Waals surface area contributed by atoms with Crippen molar-refractivity contribution in [2.24, 2.45) is 11.8 Å². The number of hydrogen-bond donors (Lipinski definition) is 0. The smallest absolute Gasteiger partial charge is 0.434 e. The molecule has 3 heterocycles. The van der Waals surface area contributed by atoms with Gasteiger partial charge in [0.1, 0.15) is 18.8 Å². The van der Waals surface area contributed by atoms with E-state index in [0.717, 1.165) is 0 Å². The van der Waals surface area contributed by atoms with Crippen LogP contribution in [0.2, 0.25) is 0 Å². The van der Waals surface area contributed by atoms with Gasteiger partial charge in [-0.15, -0.1) is 0 Å². The maximum atomic E-state index is 11.5. The number of cyclic esters (lactones) is 1. The summed E-state index contributed by atoms with van der Waals surface area (Å²) in [6.07, 6.45) is -0.927. The SMILES string of the molecule is O=C1OCC(C2COS(=O)(=O)OC2)C2(CCOS(=O)(=O)OC2)O1. The lowest BCUT2D eigenvalue weighted by molar-refractivity contribution is -0.166. The van der Waals surface area contributed by atoms with Crippen LogP contribution in [0.4, 0.5) is 4.79 Å². The Balaban J connectivity index is 1.84. The highest BCUT2D eigenvalue weighted by molar-refractivity contribution is 7.82. The summed E-state index contributed by atoms with van der Waals surface area (Å²) in [5.74, 6) is -1.09. The third kappa shape index (κ3) is 3.59. The Morgan fingerprint density at radius 2 is 1.57 bits per heavy atom. The fourth-order valence-electron chi connectivity index (χ4n) is 2.77. The van der Waals surface area contributed by atoms with Crippen molar-refractivity contribution in [3.8, 4) is 0 Å². The number of rotatable bonds is 1. The molecule has 0 aromatic rings. The number of hydrogen-bond acceptors (Lipinski definition) is 11. The van der Waals surface area contributed by atoms with Gasteiger partial charge in [0.05, 0.1) is 19.8 Å². The molecule has 132 valence electrons. The van der Waals surface area contributed by atoms with Gasteiger partial charge in [-0.1, -0.05) is 0 Å². The molecule has 3 aliphatic rings. The fraction of sp³-hybridized carbons (Fsp3) is 0.900.